The fourth-order valence-corrected chi connectivity index (χ4v) is 3.52. The monoisotopic (exact) mass is 368 g/mol. The predicted octanol–water partition coefficient (Wildman–Crippen LogP) is 2.89. The predicted molar refractivity (Wildman–Crippen MR) is 105 cm³/mol. The maximum absolute atomic E-state index is 12.2. The zero-order valence-electron chi connectivity index (χ0n) is 15.5. The first-order valence-corrected chi connectivity index (χ1v) is 9.01. The third-order valence-electron chi connectivity index (χ3n) is 4.96. The van der Waals surface area contributed by atoms with Crippen LogP contribution in [0.1, 0.15) is 22.8 Å². The number of hydrogen-bond donors (Lipinski definition) is 2. The van der Waals surface area contributed by atoms with Crippen molar-refractivity contribution in [2.75, 3.05) is 25.5 Å². The van der Waals surface area contributed by atoms with E-state index in [0.29, 0.717) is 17.2 Å². The quantitative estimate of drug-likeness (QED) is 0.605. The number of anilines is 1. The second-order valence-corrected chi connectivity index (χ2v) is 6.97. The van der Waals surface area contributed by atoms with Crippen LogP contribution in [0.25, 0.3) is 0 Å². The molecule has 0 radical (unpaired) electrons. The summed E-state index contributed by atoms with van der Waals surface area (Å²) in [6, 6.07) is 14.9. The fourth-order valence-electron chi connectivity index (χ4n) is 3.52. The van der Waals surface area contributed by atoms with E-state index >= 15 is 0 Å². The van der Waals surface area contributed by atoms with E-state index in [2.05, 4.69) is 34.6 Å². The molecule has 0 spiro atoms. The van der Waals surface area contributed by atoms with Gasteiger partial charge in [0.1, 0.15) is 0 Å². The number of rotatable bonds is 6. The lowest BCUT2D eigenvalue weighted by atomic mass is 10.0. The zero-order chi connectivity index (χ0) is 19.4. The van der Waals surface area contributed by atoms with E-state index in [9.17, 15) is 14.9 Å². The number of nitrogens with zero attached hydrogens (tertiary/aromatic N) is 2. The highest BCUT2D eigenvalue weighted by atomic mass is 16.6. The van der Waals surface area contributed by atoms with Crippen LogP contribution in [0.2, 0.25) is 0 Å². The maximum atomic E-state index is 12.2. The van der Waals surface area contributed by atoms with Crippen LogP contribution in [0.5, 0.6) is 0 Å². The molecule has 0 aromatic heterocycles. The zero-order valence-corrected chi connectivity index (χ0v) is 15.5. The van der Waals surface area contributed by atoms with Crippen molar-refractivity contribution in [3.05, 3.63) is 69.8 Å². The van der Waals surface area contributed by atoms with E-state index in [0.717, 1.165) is 19.6 Å². The van der Waals surface area contributed by atoms with Crippen LogP contribution in [0, 0.1) is 16.0 Å². The SMILES string of the molecule is CNC(=O)c1cc([N+](=O)[O-])ccc1NC1CN(Cc2ccccc2)CC1C. The van der Waals surface area contributed by atoms with Crippen LogP contribution in [-0.2, 0) is 6.54 Å². The van der Waals surface area contributed by atoms with Gasteiger partial charge in [0.15, 0.2) is 0 Å². The Hall–Kier alpha value is -2.93. The van der Waals surface area contributed by atoms with Crippen LogP contribution >= 0.6 is 0 Å². The molecule has 1 aliphatic rings. The Morgan fingerprint density at radius 2 is 1.96 bits per heavy atom. The highest BCUT2D eigenvalue weighted by molar-refractivity contribution is 6.00. The molecule has 27 heavy (non-hydrogen) atoms. The van der Waals surface area contributed by atoms with Gasteiger partial charge >= 0.3 is 0 Å². The topological polar surface area (TPSA) is 87.5 Å². The molecule has 2 aromatic carbocycles. The van der Waals surface area contributed by atoms with Gasteiger partial charge in [-0.05, 0) is 17.5 Å². The van der Waals surface area contributed by atoms with Gasteiger partial charge < -0.3 is 10.6 Å². The first-order chi connectivity index (χ1) is 13.0. The third-order valence-corrected chi connectivity index (χ3v) is 4.96. The number of amides is 1. The van der Waals surface area contributed by atoms with Gasteiger partial charge in [0.2, 0.25) is 0 Å². The summed E-state index contributed by atoms with van der Waals surface area (Å²) in [5.41, 5.74) is 2.09. The lowest BCUT2D eigenvalue weighted by molar-refractivity contribution is -0.384. The Labute approximate surface area is 158 Å². The number of nitro groups is 1. The molecule has 1 amide bonds. The summed E-state index contributed by atoms with van der Waals surface area (Å²) in [5, 5.41) is 17.0. The summed E-state index contributed by atoms with van der Waals surface area (Å²) >= 11 is 0. The molecule has 1 heterocycles. The lowest BCUT2D eigenvalue weighted by Gasteiger charge is -2.20. The van der Waals surface area contributed by atoms with Gasteiger partial charge in [-0.2, -0.15) is 0 Å². The van der Waals surface area contributed by atoms with Crippen molar-refractivity contribution in [1.29, 1.82) is 0 Å². The van der Waals surface area contributed by atoms with Crippen molar-refractivity contribution < 1.29 is 9.72 Å². The third kappa shape index (κ3) is 4.43. The van der Waals surface area contributed by atoms with Gasteiger partial charge in [0, 0.05) is 50.5 Å². The number of likely N-dealkylation sites (tertiary alicyclic amines) is 1. The number of non-ortho nitro benzene ring substituents is 1. The van der Waals surface area contributed by atoms with Crippen molar-refractivity contribution in [3.63, 3.8) is 0 Å². The average Bonchev–Trinajstić information content (AvgIpc) is 3.01. The van der Waals surface area contributed by atoms with Gasteiger partial charge in [-0.3, -0.25) is 19.8 Å². The van der Waals surface area contributed by atoms with Crippen molar-refractivity contribution in [2.45, 2.75) is 19.5 Å². The minimum atomic E-state index is -0.490. The maximum Gasteiger partial charge on any atom is 0.270 e. The minimum Gasteiger partial charge on any atom is -0.380 e. The van der Waals surface area contributed by atoms with Gasteiger partial charge in [-0.25, -0.2) is 0 Å². The summed E-state index contributed by atoms with van der Waals surface area (Å²) in [6.45, 7) is 4.86. The van der Waals surface area contributed by atoms with Crippen LogP contribution in [0.3, 0.4) is 0 Å². The smallest absolute Gasteiger partial charge is 0.270 e. The van der Waals surface area contributed by atoms with E-state index in [4.69, 9.17) is 0 Å². The summed E-state index contributed by atoms with van der Waals surface area (Å²) in [6.07, 6.45) is 0. The van der Waals surface area contributed by atoms with Crippen molar-refractivity contribution >= 4 is 17.3 Å². The Morgan fingerprint density at radius 3 is 2.63 bits per heavy atom. The molecule has 1 aliphatic heterocycles. The van der Waals surface area contributed by atoms with Crippen LogP contribution in [-0.4, -0.2) is 41.9 Å². The van der Waals surface area contributed by atoms with Crippen molar-refractivity contribution in [3.8, 4) is 0 Å². The molecule has 2 aromatic rings. The molecule has 0 bridgehead atoms. The minimum absolute atomic E-state index is 0.0932. The Bertz CT molecular complexity index is 825. The van der Waals surface area contributed by atoms with Gasteiger partial charge in [-0.15, -0.1) is 0 Å². The second kappa shape index (κ2) is 8.18. The van der Waals surface area contributed by atoms with Crippen LogP contribution in [0.4, 0.5) is 11.4 Å². The number of carbonyl (C=O) groups is 1. The molecular weight excluding hydrogens is 344 g/mol. The standard InChI is InChI=1S/C20H24N4O3/c1-14-11-23(12-15-6-4-3-5-7-15)13-19(14)22-18-9-8-16(24(26)27)10-17(18)20(25)21-2/h3-10,14,19,22H,11-13H2,1-2H3,(H,21,25). The summed E-state index contributed by atoms with van der Waals surface area (Å²) in [5.74, 6) is 0.0504. The Morgan fingerprint density at radius 1 is 1.22 bits per heavy atom. The van der Waals surface area contributed by atoms with E-state index in [-0.39, 0.29) is 17.6 Å². The molecule has 2 unspecified atom stereocenters. The molecule has 0 aliphatic carbocycles. The molecule has 1 fully saturated rings. The normalized spacial score (nSPS) is 19.6. The molecule has 2 N–H and O–H groups in total. The molecule has 7 nitrogen and oxygen atoms in total. The first-order valence-electron chi connectivity index (χ1n) is 9.01. The lowest BCUT2D eigenvalue weighted by Crippen LogP contribution is -2.29. The Balaban J connectivity index is 1.74. The Kier molecular flexibility index (Phi) is 5.71. The van der Waals surface area contributed by atoms with E-state index in [1.165, 1.54) is 24.7 Å². The van der Waals surface area contributed by atoms with Gasteiger partial charge in [-0.1, -0.05) is 37.3 Å². The second-order valence-electron chi connectivity index (χ2n) is 6.97. The largest absolute Gasteiger partial charge is 0.380 e. The molecular formula is C20H24N4O3. The number of hydrogen-bond acceptors (Lipinski definition) is 5. The summed E-state index contributed by atoms with van der Waals surface area (Å²) < 4.78 is 0. The molecule has 7 heteroatoms. The van der Waals surface area contributed by atoms with Gasteiger partial charge in [0.25, 0.3) is 11.6 Å². The number of carbonyl (C=O) groups excluding carboxylic acids is 1. The van der Waals surface area contributed by atoms with Crippen molar-refractivity contribution in [1.82, 2.24) is 10.2 Å². The summed E-state index contributed by atoms with van der Waals surface area (Å²) in [7, 11) is 1.52. The highest BCUT2D eigenvalue weighted by Crippen LogP contribution is 2.27. The molecule has 1 saturated heterocycles. The van der Waals surface area contributed by atoms with E-state index < -0.39 is 4.92 Å². The number of nitro benzene ring substituents is 1. The molecule has 142 valence electrons. The number of benzene rings is 2. The summed E-state index contributed by atoms with van der Waals surface area (Å²) in [4.78, 5) is 25.1. The van der Waals surface area contributed by atoms with Gasteiger partial charge in [0.05, 0.1) is 10.5 Å². The van der Waals surface area contributed by atoms with E-state index in [1.807, 2.05) is 18.2 Å². The fraction of sp³-hybridized carbons (Fsp3) is 0.350. The van der Waals surface area contributed by atoms with Crippen LogP contribution in [0.15, 0.2) is 48.5 Å². The molecule has 0 saturated carbocycles. The van der Waals surface area contributed by atoms with Crippen molar-refractivity contribution in [2.24, 2.45) is 5.92 Å². The average molecular weight is 368 g/mol. The van der Waals surface area contributed by atoms with E-state index in [1.54, 1.807) is 6.07 Å². The number of nitrogens with one attached hydrogen (secondary N) is 2. The highest BCUT2D eigenvalue weighted by Gasteiger charge is 2.30. The molecule has 3 rings (SSSR count). The molecule has 2 atom stereocenters. The van der Waals surface area contributed by atoms with Crippen LogP contribution < -0.4 is 10.6 Å². The first kappa shape index (κ1) is 18.8.